The number of nitrogens with zero attached hydrogens (tertiary/aromatic N) is 1. The van der Waals surface area contributed by atoms with E-state index in [4.69, 9.17) is 10.5 Å². The van der Waals surface area contributed by atoms with E-state index in [2.05, 4.69) is 11.8 Å². The maximum atomic E-state index is 11.5. The molecule has 0 aromatic carbocycles. The number of hydrogen-bond donors (Lipinski definition) is 1. The first-order valence-corrected chi connectivity index (χ1v) is 8.00. The number of sulfone groups is 1. The van der Waals surface area contributed by atoms with Crippen LogP contribution in [0.4, 0.5) is 0 Å². The van der Waals surface area contributed by atoms with Crippen molar-refractivity contribution in [2.45, 2.75) is 19.4 Å². The second-order valence-corrected chi connectivity index (χ2v) is 7.86. The van der Waals surface area contributed by atoms with Gasteiger partial charge in [-0.3, -0.25) is 0 Å². The Bertz CT molecular complexity index is 371. The van der Waals surface area contributed by atoms with Crippen LogP contribution in [-0.4, -0.2) is 63.7 Å². The summed E-state index contributed by atoms with van der Waals surface area (Å²) in [6.07, 6.45) is 0.731. The van der Waals surface area contributed by atoms with Crippen molar-refractivity contribution in [2.24, 2.45) is 11.1 Å². The summed E-state index contributed by atoms with van der Waals surface area (Å²) in [4.78, 5) is 2.22. The summed E-state index contributed by atoms with van der Waals surface area (Å²) < 4.78 is 28.5. The summed E-state index contributed by atoms with van der Waals surface area (Å²) in [5.41, 5.74) is 6.02. The highest BCUT2D eigenvalue weighted by molar-refractivity contribution is 7.91. The van der Waals surface area contributed by atoms with Crippen LogP contribution in [-0.2, 0) is 14.6 Å². The fourth-order valence-electron chi connectivity index (χ4n) is 2.55. The van der Waals surface area contributed by atoms with Crippen LogP contribution >= 0.6 is 0 Å². The van der Waals surface area contributed by atoms with Crippen molar-refractivity contribution in [2.75, 3.05) is 44.4 Å². The minimum absolute atomic E-state index is 0.0336. The fraction of sp³-hybridized carbons (Fsp3) is 1.00. The smallest absolute Gasteiger partial charge is 0.151 e. The van der Waals surface area contributed by atoms with E-state index in [1.54, 1.807) is 0 Å². The van der Waals surface area contributed by atoms with Gasteiger partial charge in [0.15, 0.2) is 9.84 Å². The summed E-state index contributed by atoms with van der Waals surface area (Å²) in [6.45, 7) is 5.74. The second-order valence-electron chi connectivity index (χ2n) is 5.56. The highest BCUT2D eigenvalue weighted by Crippen LogP contribution is 2.28. The molecule has 2 fully saturated rings. The van der Waals surface area contributed by atoms with Gasteiger partial charge >= 0.3 is 0 Å². The summed E-state index contributed by atoms with van der Waals surface area (Å²) in [5, 5.41) is 0. The quantitative estimate of drug-likeness (QED) is 0.724. The van der Waals surface area contributed by atoms with E-state index in [0.717, 1.165) is 19.5 Å². The SMILES string of the molecule is CC1(CN2CCCS(=O)(=O)CC2)COCC1N. The third-order valence-corrected chi connectivity index (χ3v) is 5.57. The minimum atomic E-state index is -2.82. The van der Waals surface area contributed by atoms with Gasteiger partial charge in [0.2, 0.25) is 0 Å². The van der Waals surface area contributed by atoms with E-state index in [1.165, 1.54) is 0 Å². The molecule has 2 unspecified atom stereocenters. The van der Waals surface area contributed by atoms with Crippen LogP contribution in [0, 0.1) is 5.41 Å². The number of hydrogen-bond acceptors (Lipinski definition) is 5. The van der Waals surface area contributed by atoms with Gasteiger partial charge in [-0.05, 0) is 13.0 Å². The Morgan fingerprint density at radius 1 is 1.41 bits per heavy atom. The molecule has 2 rings (SSSR count). The normalized spacial score (nSPS) is 39.1. The molecule has 2 atom stereocenters. The van der Waals surface area contributed by atoms with Crippen LogP contribution in [0.5, 0.6) is 0 Å². The maximum absolute atomic E-state index is 11.5. The topological polar surface area (TPSA) is 72.6 Å². The zero-order valence-corrected chi connectivity index (χ0v) is 11.2. The maximum Gasteiger partial charge on any atom is 0.151 e. The second kappa shape index (κ2) is 4.84. The molecule has 2 heterocycles. The van der Waals surface area contributed by atoms with E-state index in [9.17, 15) is 8.42 Å². The first-order valence-electron chi connectivity index (χ1n) is 6.17. The molecule has 0 aromatic rings. The summed E-state index contributed by atoms with van der Waals surface area (Å²) >= 11 is 0. The van der Waals surface area contributed by atoms with Gasteiger partial charge in [0.1, 0.15) is 0 Å². The molecule has 0 bridgehead atoms. The van der Waals surface area contributed by atoms with Gasteiger partial charge in [-0.15, -0.1) is 0 Å². The van der Waals surface area contributed by atoms with Crippen LogP contribution in [0.2, 0.25) is 0 Å². The average Bonchev–Trinajstić information content (AvgIpc) is 2.44. The van der Waals surface area contributed by atoms with Crippen LogP contribution < -0.4 is 5.73 Å². The number of rotatable bonds is 2. The highest BCUT2D eigenvalue weighted by Gasteiger charge is 2.39. The first-order chi connectivity index (χ1) is 7.91. The molecule has 17 heavy (non-hydrogen) atoms. The predicted molar refractivity (Wildman–Crippen MR) is 66.6 cm³/mol. The van der Waals surface area contributed by atoms with Crippen molar-refractivity contribution in [3.05, 3.63) is 0 Å². The molecular weight excluding hydrogens is 240 g/mol. The lowest BCUT2D eigenvalue weighted by atomic mass is 9.85. The molecule has 2 aliphatic rings. The van der Waals surface area contributed by atoms with Crippen molar-refractivity contribution >= 4 is 9.84 Å². The lowest BCUT2D eigenvalue weighted by molar-refractivity contribution is 0.122. The van der Waals surface area contributed by atoms with Crippen molar-refractivity contribution in [1.82, 2.24) is 4.90 Å². The standard InChI is InChI=1S/C11H22N2O3S/c1-11(9-16-7-10(11)12)8-13-3-2-5-17(14,15)6-4-13/h10H,2-9,12H2,1H3. The Morgan fingerprint density at radius 2 is 2.18 bits per heavy atom. The Balaban J connectivity index is 1.95. The molecule has 2 saturated heterocycles. The average molecular weight is 262 g/mol. The molecule has 0 radical (unpaired) electrons. The van der Waals surface area contributed by atoms with Gasteiger partial charge in [-0.25, -0.2) is 8.42 Å². The van der Waals surface area contributed by atoms with E-state index in [-0.39, 0.29) is 17.2 Å². The number of ether oxygens (including phenoxy) is 1. The zero-order valence-electron chi connectivity index (χ0n) is 10.4. The zero-order chi connectivity index (χ0) is 12.5. The molecule has 2 N–H and O–H groups in total. The number of nitrogens with two attached hydrogens (primary N) is 1. The fourth-order valence-corrected chi connectivity index (χ4v) is 3.86. The van der Waals surface area contributed by atoms with Crippen molar-refractivity contribution in [3.63, 3.8) is 0 Å². The first kappa shape index (κ1) is 13.3. The predicted octanol–water partition coefficient (Wildman–Crippen LogP) is -0.529. The highest BCUT2D eigenvalue weighted by atomic mass is 32.2. The summed E-state index contributed by atoms with van der Waals surface area (Å²) in [5.74, 6) is 0.599. The van der Waals surface area contributed by atoms with E-state index in [1.807, 2.05) is 0 Å². The molecule has 100 valence electrons. The summed E-state index contributed by atoms with van der Waals surface area (Å²) in [7, 11) is -2.82. The lowest BCUT2D eigenvalue weighted by Gasteiger charge is -2.33. The van der Waals surface area contributed by atoms with Crippen LogP contribution in [0.15, 0.2) is 0 Å². The van der Waals surface area contributed by atoms with Gasteiger partial charge in [-0.1, -0.05) is 6.92 Å². The molecule has 0 saturated carbocycles. The molecular formula is C11H22N2O3S. The van der Waals surface area contributed by atoms with Crippen LogP contribution in [0.3, 0.4) is 0 Å². The summed E-state index contributed by atoms with van der Waals surface area (Å²) in [6, 6.07) is 0.0577. The Hall–Kier alpha value is -0.170. The third-order valence-electron chi connectivity index (χ3n) is 3.86. The van der Waals surface area contributed by atoms with Gasteiger partial charge in [0.25, 0.3) is 0 Å². The minimum Gasteiger partial charge on any atom is -0.379 e. The largest absolute Gasteiger partial charge is 0.379 e. The monoisotopic (exact) mass is 262 g/mol. The molecule has 0 aromatic heterocycles. The molecule has 0 spiro atoms. The molecule has 0 amide bonds. The molecule has 2 aliphatic heterocycles. The van der Waals surface area contributed by atoms with E-state index >= 15 is 0 Å². The van der Waals surface area contributed by atoms with Crippen molar-refractivity contribution < 1.29 is 13.2 Å². The molecule has 0 aliphatic carbocycles. The van der Waals surface area contributed by atoms with Gasteiger partial charge in [0, 0.05) is 24.5 Å². The molecule has 5 nitrogen and oxygen atoms in total. The van der Waals surface area contributed by atoms with Crippen molar-refractivity contribution in [1.29, 1.82) is 0 Å². The van der Waals surface area contributed by atoms with Crippen molar-refractivity contribution in [3.8, 4) is 0 Å². The van der Waals surface area contributed by atoms with E-state index in [0.29, 0.717) is 25.5 Å². The Labute approximate surface area is 103 Å². The molecule has 6 heteroatoms. The lowest BCUT2D eigenvalue weighted by Crippen LogP contribution is -2.47. The van der Waals surface area contributed by atoms with Gasteiger partial charge < -0.3 is 15.4 Å². The van der Waals surface area contributed by atoms with Crippen LogP contribution in [0.25, 0.3) is 0 Å². The third kappa shape index (κ3) is 3.19. The Kier molecular flexibility index (Phi) is 3.77. The van der Waals surface area contributed by atoms with Gasteiger partial charge in [-0.2, -0.15) is 0 Å². The van der Waals surface area contributed by atoms with Crippen LogP contribution in [0.1, 0.15) is 13.3 Å². The van der Waals surface area contributed by atoms with Gasteiger partial charge in [0.05, 0.1) is 24.7 Å². The Morgan fingerprint density at radius 3 is 2.82 bits per heavy atom. The van der Waals surface area contributed by atoms with E-state index < -0.39 is 9.84 Å².